The van der Waals surface area contributed by atoms with Gasteiger partial charge in [-0.2, -0.15) is 0 Å². The third-order valence-electron chi connectivity index (χ3n) is 3.10. The Morgan fingerprint density at radius 2 is 2.15 bits per heavy atom. The van der Waals surface area contributed by atoms with Gasteiger partial charge in [-0.25, -0.2) is 4.79 Å². The summed E-state index contributed by atoms with van der Waals surface area (Å²) in [6.45, 7) is 4.25. The Labute approximate surface area is 122 Å². The molecular formula is C15H16ClNO3. The Morgan fingerprint density at radius 1 is 1.35 bits per heavy atom. The first-order valence-electron chi connectivity index (χ1n) is 6.36. The smallest absolute Gasteiger partial charge is 0.335 e. The van der Waals surface area contributed by atoms with Gasteiger partial charge in [0, 0.05) is 11.6 Å². The van der Waals surface area contributed by atoms with Crippen LogP contribution in [0.25, 0.3) is 0 Å². The van der Waals surface area contributed by atoms with Gasteiger partial charge in [-0.1, -0.05) is 24.6 Å². The molecule has 1 aromatic heterocycles. The van der Waals surface area contributed by atoms with Crippen LogP contribution in [-0.4, -0.2) is 22.5 Å². The maximum atomic E-state index is 10.9. The predicted molar refractivity (Wildman–Crippen MR) is 76.9 cm³/mol. The molecular weight excluding hydrogens is 278 g/mol. The number of hydrogen-bond acceptors (Lipinski definition) is 3. The molecule has 0 radical (unpaired) electrons. The summed E-state index contributed by atoms with van der Waals surface area (Å²) in [6.07, 6.45) is 1.65. The highest BCUT2D eigenvalue weighted by Crippen LogP contribution is 2.20. The minimum atomic E-state index is -0.971. The molecule has 5 heteroatoms. The zero-order valence-electron chi connectivity index (χ0n) is 11.2. The standard InChI is InChI=1S/C15H16ClNO3/c1-2-17(10-13-4-3-7-20-13)9-12-6-5-11(15(18)19)8-14(12)16/h3-8H,2,9-10H2,1H3,(H,18,19). The second kappa shape index (κ2) is 6.59. The number of aromatic carboxylic acids is 1. The molecule has 0 saturated heterocycles. The van der Waals surface area contributed by atoms with Crippen LogP contribution in [0.2, 0.25) is 5.02 Å². The number of benzene rings is 1. The molecule has 1 heterocycles. The number of carboxylic acid groups (broad SMARTS) is 1. The molecule has 0 fully saturated rings. The van der Waals surface area contributed by atoms with Crippen molar-refractivity contribution in [3.63, 3.8) is 0 Å². The van der Waals surface area contributed by atoms with Crippen LogP contribution in [0, 0.1) is 0 Å². The van der Waals surface area contributed by atoms with E-state index in [9.17, 15) is 4.79 Å². The molecule has 0 spiro atoms. The lowest BCUT2D eigenvalue weighted by Gasteiger charge is -2.20. The topological polar surface area (TPSA) is 53.7 Å². The zero-order chi connectivity index (χ0) is 14.5. The molecule has 4 nitrogen and oxygen atoms in total. The van der Waals surface area contributed by atoms with Gasteiger partial charge < -0.3 is 9.52 Å². The van der Waals surface area contributed by atoms with E-state index in [1.165, 1.54) is 6.07 Å². The van der Waals surface area contributed by atoms with Gasteiger partial charge >= 0.3 is 5.97 Å². The van der Waals surface area contributed by atoms with Crippen molar-refractivity contribution in [2.24, 2.45) is 0 Å². The van der Waals surface area contributed by atoms with Crippen LogP contribution in [-0.2, 0) is 13.1 Å². The first-order chi connectivity index (χ1) is 9.60. The molecule has 0 bridgehead atoms. The molecule has 0 unspecified atom stereocenters. The van der Waals surface area contributed by atoms with Gasteiger partial charge in [0.25, 0.3) is 0 Å². The van der Waals surface area contributed by atoms with Gasteiger partial charge in [0.1, 0.15) is 5.76 Å². The maximum absolute atomic E-state index is 10.9. The second-order valence-corrected chi connectivity index (χ2v) is 4.90. The normalized spacial score (nSPS) is 10.9. The van der Waals surface area contributed by atoms with Gasteiger partial charge in [0.15, 0.2) is 0 Å². The predicted octanol–water partition coefficient (Wildman–Crippen LogP) is 3.65. The van der Waals surface area contributed by atoms with Crippen molar-refractivity contribution in [2.45, 2.75) is 20.0 Å². The van der Waals surface area contributed by atoms with Crippen LogP contribution < -0.4 is 0 Å². The Morgan fingerprint density at radius 3 is 2.70 bits per heavy atom. The van der Waals surface area contributed by atoms with E-state index in [0.29, 0.717) is 18.1 Å². The Hall–Kier alpha value is -1.78. The van der Waals surface area contributed by atoms with Gasteiger partial charge in [-0.15, -0.1) is 0 Å². The summed E-state index contributed by atoms with van der Waals surface area (Å²) >= 11 is 6.14. The number of rotatable bonds is 6. The summed E-state index contributed by atoms with van der Waals surface area (Å²) in [6, 6.07) is 8.61. The van der Waals surface area contributed by atoms with Crippen molar-refractivity contribution in [2.75, 3.05) is 6.54 Å². The van der Waals surface area contributed by atoms with Crippen LogP contribution >= 0.6 is 11.6 Å². The highest BCUT2D eigenvalue weighted by molar-refractivity contribution is 6.31. The highest BCUT2D eigenvalue weighted by atomic mass is 35.5. The minimum absolute atomic E-state index is 0.202. The van der Waals surface area contributed by atoms with Gasteiger partial charge in [0.2, 0.25) is 0 Å². The minimum Gasteiger partial charge on any atom is -0.478 e. The lowest BCUT2D eigenvalue weighted by molar-refractivity contribution is 0.0697. The fourth-order valence-corrected chi connectivity index (χ4v) is 2.19. The Balaban J connectivity index is 2.09. The fraction of sp³-hybridized carbons (Fsp3) is 0.267. The first kappa shape index (κ1) is 14.6. The van der Waals surface area contributed by atoms with Crippen molar-refractivity contribution in [1.82, 2.24) is 4.90 Å². The number of furan rings is 1. The summed E-state index contributed by atoms with van der Waals surface area (Å²) < 4.78 is 5.33. The average Bonchev–Trinajstić information content (AvgIpc) is 2.92. The van der Waals surface area contributed by atoms with E-state index in [4.69, 9.17) is 21.1 Å². The molecule has 2 aromatic rings. The molecule has 0 aliphatic heterocycles. The number of hydrogen-bond donors (Lipinski definition) is 1. The largest absolute Gasteiger partial charge is 0.478 e. The van der Waals surface area contributed by atoms with Gasteiger partial charge in [-0.05, 0) is 36.4 Å². The van der Waals surface area contributed by atoms with Crippen LogP contribution in [0.5, 0.6) is 0 Å². The van der Waals surface area contributed by atoms with Gasteiger partial charge in [0.05, 0.1) is 18.4 Å². The lowest BCUT2D eigenvalue weighted by atomic mass is 10.1. The molecule has 0 saturated carbocycles. The van der Waals surface area contributed by atoms with E-state index in [-0.39, 0.29) is 5.56 Å². The third kappa shape index (κ3) is 3.62. The lowest BCUT2D eigenvalue weighted by Crippen LogP contribution is -2.22. The highest BCUT2D eigenvalue weighted by Gasteiger charge is 2.11. The Kier molecular flexibility index (Phi) is 4.82. The average molecular weight is 294 g/mol. The quantitative estimate of drug-likeness (QED) is 0.883. The molecule has 1 N–H and O–H groups in total. The van der Waals surface area contributed by atoms with Gasteiger partial charge in [-0.3, -0.25) is 4.90 Å². The van der Waals surface area contributed by atoms with Crippen molar-refractivity contribution < 1.29 is 14.3 Å². The molecule has 20 heavy (non-hydrogen) atoms. The maximum Gasteiger partial charge on any atom is 0.335 e. The Bertz CT molecular complexity index is 581. The molecule has 0 aliphatic carbocycles. The summed E-state index contributed by atoms with van der Waals surface area (Å²) in [5.41, 5.74) is 1.11. The fourth-order valence-electron chi connectivity index (χ4n) is 1.95. The zero-order valence-corrected chi connectivity index (χ0v) is 11.9. The molecule has 106 valence electrons. The van der Waals surface area contributed by atoms with E-state index in [1.807, 2.05) is 12.1 Å². The summed E-state index contributed by atoms with van der Waals surface area (Å²) in [5.74, 6) is -0.0773. The first-order valence-corrected chi connectivity index (χ1v) is 6.74. The van der Waals surface area contributed by atoms with Crippen LogP contribution in [0.1, 0.15) is 28.6 Å². The van der Waals surface area contributed by atoms with Crippen LogP contribution in [0.4, 0.5) is 0 Å². The van der Waals surface area contributed by atoms with Crippen LogP contribution in [0.3, 0.4) is 0 Å². The van der Waals surface area contributed by atoms with Crippen molar-refractivity contribution in [1.29, 1.82) is 0 Å². The summed E-state index contributed by atoms with van der Waals surface area (Å²) in [4.78, 5) is 13.0. The van der Waals surface area contributed by atoms with Crippen molar-refractivity contribution in [3.8, 4) is 0 Å². The SMILES string of the molecule is CCN(Cc1ccco1)Cc1ccc(C(=O)O)cc1Cl. The summed E-state index contributed by atoms with van der Waals surface area (Å²) in [7, 11) is 0. The number of carboxylic acids is 1. The van der Waals surface area contributed by atoms with E-state index in [0.717, 1.165) is 17.9 Å². The molecule has 2 rings (SSSR count). The molecule has 0 amide bonds. The molecule has 1 aromatic carbocycles. The van der Waals surface area contributed by atoms with E-state index in [1.54, 1.807) is 18.4 Å². The van der Waals surface area contributed by atoms with E-state index < -0.39 is 5.97 Å². The van der Waals surface area contributed by atoms with E-state index in [2.05, 4.69) is 11.8 Å². The summed E-state index contributed by atoms with van der Waals surface area (Å²) in [5, 5.41) is 9.39. The molecule has 0 aliphatic rings. The monoisotopic (exact) mass is 293 g/mol. The number of carbonyl (C=O) groups is 1. The molecule has 0 atom stereocenters. The van der Waals surface area contributed by atoms with Crippen LogP contribution in [0.15, 0.2) is 41.0 Å². The third-order valence-corrected chi connectivity index (χ3v) is 3.45. The van der Waals surface area contributed by atoms with Crippen molar-refractivity contribution in [3.05, 3.63) is 58.5 Å². The number of halogens is 1. The van der Waals surface area contributed by atoms with E-state index >= 15 is 0 Å². The second-order valence-electron chi connectivity index (χ2n) is 4.49. The van der Waals surface area contributed by atoms with Crippen molar-refractivity contribution >= 4 is 17.6 Å². The number of nitrogens with zero attached hydrogens (tertiary/aromatic N) is 1.